The predicted octanol–water partition coefficient (Wildman–Crippen LogP) is 0.786. The summed E-state index contributed by atoms with van der Waals surface area (Å²) in [5, 5.41) is 0. The van der Waals surface area contributed by atoms with E-state index in [2.05, 4.69) is 4.98 Å². The molecule has 4 N–H and O–H groups in total. The van der Waals surface area contributed by atoms with Crippen molar-refractivity contribution in [2.75, 3.05) is 0 Å². The van der Waals surface area contributed by atoms with Gasteiger partial charge in [0.15, 0.2) is 5.58 Å². The molecule has 70 valence electrons. The van der Waals surface area contributed by atoms with Crippen molar-refractivity contribution in [3.63, 3.8) is 0 Å². The number of hydrogen-bond donors (Lipinski definition) is 3. The van der Waals surface area contributed by atoms with E-state index in [9.17, 15) is 4.79 Å². The summed E-state index contributed by atoms with van der Waals surface area (Å²) in [5.41, 5.74) is 3.85. The van der Waals surface area contributed by atoms with Gasteiger partial charge >= 0.3 is 0 Å². The normalized spacial score (nSPS) is 9.62. The van der Waals surface area contributed by atoms with E-state index >= 15 is 0 Å². The zero-order valence-electron chi connectivity index (χ0n) is 6.53. The van der Waals surface area contributed by atoms with E-state index in [0.29, 0.717) is 11.3 Å². The number of nitrogen functional groups attached to an aromatic ring is 1. The molecule has 1 amide bonds. The van der Waals surface area contributed by atoms with Crippen molar-refractivity contribution in [2.24, 2.45) is 5.84 Å². The van der Waals surface area contributed by atoms with Gasteiger partial charge in [-0.2, -0.15) is 0 Å². The van der Waals surface area contributed by atoms with Crippen molar-refractivity contribution in [1.29, 1.82) is 0 Å². The average Bonchev–Trinajstić information content (AvgIpc) is 2.60. The molecule has 0 spiro atoms. The van der Waals surface area contributed by atoms with Gasteiger partial charge in [-0.1, -0.05) is 0 Å². The zero-order chi connectivity index (χ0) is 8.55. The van der Waals surface area contributed by atoms with E-state index in [1.807, 2.05) is 5.43 Å². The fourth-order valence-electron chi connectivity index (χ4n) is 1.05. The average molecular weight is 202 g/mol. The van der Waals surface area contributed by atoms with Crippen LogP contribution in [-0.2, 0) is 0 Å². The van der Waals surface area contributed by atoms with Crippen LogP contribution < -0.4 is 11.3 Å². The number of carbonyl (C=O) groups is 1. The summed E-state index contributed by atoms with van der Waals surface area (Å²) in [6.45, 7) is 0. The Morgan fingerprint density at radius 2 is 2.38 bits per heavy atom. The van der Waals surface area contributed by atoms with Crippen LogP contribution in [-0.4, -0.2) is 10.9 Å². The van der Waals surface area contributed by atoms with Crippen molar-refractivity contribution in [2.45, 2.75) is 0 Å². The van der Waals surface area contributed by atoms with Crippen LogP contribution >= 0.6 is 12.4 Å². The maximum absolute atomic E-state index is 11.0. The first kappa shape index (κ1) is 9.63. The number of aromatic amines is 1. The molecule has 0 atom stereocenters. The Morgan fingerprint density at radius 3 is 3.00 bits per heavy atom. The second-order valence-electron chi connectivity index (χ2n) is 2.36. The minimum absolute atomic E-state index is 0. The minimum atomic E-state index is -0.360. The van der Waals surface area contributed by atoms with Gasteiger partial charge in [0, 0.05) is 12.1 Å². The lowest BCUT2D eigenvalue weighted by Gasteiger charge is -1.92. The number of halogens is 1. The number of amides is 1. The summed E-state index contributed by atoms with van der Waals surface area (Å²) in [6.07, 6.45) is 1.55. The first-order valence-electron chi connectivity index (χ1n) is 3.38. The van der Waals surface area contributed by atoms with Crippen molar-refractivity contribution >= 4 is 29.4 Å². The van der Waals surface area contributed by atoms with Crippen LogP contribution in [0.5, 0.6) is 0 Å². The molecular formula is C7H8ClN3O2. The maximum Gasteiger partial charge on any atom is 0.281 e. The third-order valence-corrected chi connectivity index (χ3v) is 1.62. The van der Waals surface area contributed by atoms with Gasteiger partial charge < -0.3 is 9.40 Å². The van der Waals surface area contributed by atoms with Crippen LogP contribution in [0.2, 0.25) is 0 Å². The van der Waals surface area contributed by atoms with Crippen molar-refractivity contribution in [3.05, 3.63) is 24.1 Å². The molecule has 6 heteroatoms. The summed E-state index contributed by atoms with van der Waals surface area (Å²) in [6, 6.07) is 3.33. The topological polar surface area (TPSA) is 84.0 Å². The molecular weight excluding hydrogens is 194 g/mol. The highest BCUT2D eigenvalue weighted by molar-refractivity contribution is 5.96. The monoisotopic (exact) mass is 201 g/mol. The molecule has 0 unspecified atom stereocenters. The molecule has 2 aromatic heterocycles. The third kappa shape index (κ3) is 1.51. The quantitative estimate of drug-likeness (QED) is 0.362. The second-order valence-corrected chi connectivity index (χ2v) is 2.36. The number of carbonyl (C=O) groups excluding carboxylic acids is 1. The van der Waals surface area contributed by atoms with Crippen LogP contribution in [0.15, 0.2) is 22.8 Å². The highest BCUT2D eigenvalue weighted by Gasteiger charge is 2.08. The van der Waals surface area contributed by atoms with Gasteiger partial charge in [-0.05, 0) is 0 Å². The molecule has 2 heterocycles. The number of hydrogen-bond acceptors (Lipinski definition) is 3. The molecule has 0 saturated heterocycles. The summed E-state index contributed by atoms with van der Waals surface area (Å²) in [7, 11) is 0. The lowest BCUT2D eigenvalue weighted by Crippen LogP contribution is -2.30. The van der Waals surface area contributed by atoms with E-state index in [4.69, 9.17) is 10.3 Å². The van der Waals surface area contributed by atoms with E-state index in [1.165, 1.54) is 0 Å². The molecule has 0 aliphatic carbocycles. The Bertz CT molecular complexity index is 391. The summed E-state index contributed by atoms with van der Waals surface area (Å²) in [5.74, 6) is 4.58. The van der Waals surface area contributed by atoms with Crippen LogP contribution in [0.3, 0.4) is 0 Å². The molecule has 2 rings (SSSR count). The standard InChI is InChI=1S/C7H7N3O2.ClH/c8-10-7(11)5-3-6-4(9-5)1-2-12-6;/h1-3,9H,8H2,(H,10,11);1H. The predicted molar refractivity (Wildman–Crippen MR) is 49.5 cm³/mol. The fraction of sp³-hybridized carbons (Fsp3) is 0. The van der Waals surface area contributed by atoms with Gasteiger partial charge in [0.25, 0.3) is 5.91 Å². The molecule has 2 aromatic rings. The van der Waals surface area contributed by atoms with Gasteiger partial charge in [0.1, 0.15) is 5.69 Å². The maximum atomic E-state index is 11.0. The Balaban J connectivity index is 0.000000845. The molecule has 5 nitrogen and oxygen atoms in total. The Hall–Kier alpha value is -1.46. The molecule has 0 radical (unpaired) electrons. The summed E-state index contributed by atoms with van der Waals surface area (Å²) in [4.78, 5) is 13.8. The zero-order valence-corrected chi connectivity index (χ0v) is 7.35. The lowest BCUT2D eigenvalue weighted by molar-refractivity contribution is 0.0949. The van der Waals surface area contributed by atoms with Gasteiger partial charge in [0.05, 0.1) is 11.8 Å². The Kier molecular flexibility index (Phi) is 2.60. The van der Waals surface area contributed by atoms with E-state index in [-0.39, 0.29) is 18.3 Å². The van der Waals surface area contributed by atoms with E-state index in [1.54, 1.807) is 18.4 Å². The van der Waals surface area contributed by atoms with Crippen molar-refractivity contribution in [1.82, 2.24) is 10.4 Å². The van der Waals surface area contributed by atoms with Crippen molar-refractivity contribution < 1.29 is 9.21 Å². The van der Waals surface area contributed by atoms with Gasteiger partial charge in [-0.25, -0.2) is 5.84 Å². The summed E-state index contributed by atoms with van der Waals surface area (Å²) >= 11 is 0. The number of furan rings is 1. The van der Waals surface area contributed by atoms with Crippen LogP contribution in [0.4, 0.5) is 0 Å². The first-order chi connectivity index (χ1) is 5.81. The summed E-state index contributed by atoms with van der Waals surface area (Å²) < 4.78 is 5.04. The lowest BCUT2D eigenvalue weighted by atomic mass is 10.4. The largest absolute Gasteiger partial charge is 0.463 e. The minimum Gasteiger partial charge on any atom is -0.463 e. The Morgan fingerprint density at radius 1 is 1.62 bits per heavy atom. The second kappa shape index (κ2) is 3.51. The number of nitrogens with one attached hydrogen (secondary N) is 2. The number of H-pyrrole nitrogens is 1. The third-order valence-electron chi connectivity index (χ3n) is 1.62. The number of fused-ring (bicyclic) bond motifs is 1. The number of rotatable bonds is 1. The van der Waals surface area contributed by atoms with Gasteiger partial charge in [-0.15, -0.1) is 12.4 Å². The SMILES string of the molecule is Cl.NNC(=O)c1cc2occc2[nH]1. The molecule has 0 aromatic carbocycles. The van der Waals surface area contributed by atoms with Crippen LogP contribution in [0.25, 0.3) is 11.1 Å². The molecule has 0 fully saturated rings. The van der Waals surface area contributed by atoms with Crippen LogP contribution in [0.1, 0.15) is 10.5 Å². The molecule has 0 aliphatic heterocycles. The Labute approximate surface area is 79.7 Å². The first-order valence-corrected chi connectivity index (χ1v) is 3.38. The molecule has 0 bridgehead atoms. The van der Waals surface area contributed by atoms with Gasteiger partial charge in [-0.3, -0.25) is 10.2 Å². The molecule has 13 heavy (non-hydrogen) atoms. The van der Waals surface area contributed by atoms with E-state index < -0.39 is 0 Å². The fourth-order valence-corrected chi connectivity index (χ4v) is 1.05. The molecule has 0 saturated carbocycles. The van der Waals surface area contributed by atoms with Crippen LogP contribution in [0, 0.1) is 0 Å². The number of aromatic nitrogens is 1. The molecule has 0 aliphatic rings. The number of hydrazine groups is 1. The highest BCUT2D eigenvalue weighted by Crippen LogP contribution is 2.15. The van der Waals surface area contributed by atoms with Gasteiger partial charge in [0.2, 0.25) is 0 Å². The van der Waals surface area contributed by atoms with Crippen molar-refractivity contribution in [3.8, 4) is 0 Å². The van der Waals surface area contributed by atoms with E-state index in [0.717, 1.165) is 5.52 Å². The number of nitrogens with two attached hydrogens (primary N) is 1. The highest BCUT2D eigenvalue weighted by atomic mass is 35.5. The smallest absolute Gasteiger partial charge is 0.281 e.